The molecule has 0 radical (unpaired) electrons. The Kier molecular flexibility index (Phi) is 9.53. The van der Waals surface area contributed by atoms with Crippen molar-refractivity contribution >= 4 is 39.8 Å². The van der Waals surface area contributed by atoms with E-state index in [1.165, 1.54) is 57.6 Å². The maximum Gasteiger partial charge on any atom is 0.193 e. The first-order chi connectivity index (χ1) is 13.4. The second-order valence-corrected chi connectivity index (χ2v) is 11.6. The average molecular weight is 542 g/mol. The number of nitrogens with one attached hydrogen (secondary N) is 1. The van der Waals surface area contributed by atoms with Crippen LogP contribution < -0.4 is 5.32 Å². The van der Waals surface area contributed by atoms with Crippen molar-refractivity contribution < 1.29 is 13.2 Å². The maximum atomic E-state index is 12.6. The van der Waals surface area contributed by atoms with E-state index in [4.69, 9.17) is 9.73 Å². The molecule has 3 aliphatic rings. The highest BCUT2D eigenvalue weighted by Crippen LogP contribution is 2.42. The Morgan fingerprint density at radius 2 is 1.66 bits per heavy atom. The van der Waals surface area contributed by atoms with Crippen molar-refractivity contribution in [3.05, 3.63) is 0 Å². The fourth-order valence-electron chi connectivity index (χ4n) is 5.31. The third kappa shape index (κ3) is 6.21. The number of halogens is 1. The minimum absolute atomic E-state index is 0. The van der Waals surface area contributed by atoms with Gasteiger partial charge in [0, 0.05) is 39.1 Å². The van der Waals surface area contributed by atoms with Gasteiger partial charge in [-0.25, -0.2) is 8.42 Å². The molecule has 0 amide bonds. The first-order valence-electron chi connectivity index (χ1n) is 11.2. The van der Waals surface area contributed by atoms with Crippen molar-refractivity contribution in [3.63, 3.8) is 0 Å². The number of hydrogen-bond donors (Lipinski definition) is 1. The lowest BCUT2D eigenvalue weighted by molar-refractivity contribution is 0.0765. The number of ether oxygens (including phenoxy) is 1. The predicted molar refractivity (Wildman–Crippen MR) is 130 cm³/mol. The summed E-state index contributed by atoms with van der Waals surface area (Å²) >= 11 is 0. The molecule has 0 atom stereocenters. The van der Waals surface area contributed by atoms with Gasteiger partial charge in [0.25, 0.3) is 0 Å². The molecule has 0 aromatic carbocycles. The fraction of sp³-hybridized carbons (Fsp3) is 0.952. The Morgan fingerprint density at radius 3 is 2.24 bits per heavy atom. The summed E-state index contributed by atoms with van der Waals surface area (Å²) in [5, 5.41) is 3.45. The van der Waals surface area contributed by atoms with Gasteiger partial charge in [-0.15, -0.1) is 24.0 Å². The summed E-state index contributed by atoms with van der Waals surface area (Å²) in [6, 6.07) is 0. The van der Waals surface area contributed by atoms with E-state index in [1.54, 1.807) is 0 Å². The molecule has 2 saturated heterocycles. The molecule has 0 unspecified atom stereocenters. The van der Waals surface area contributed by atoms with Crippen LogP contribution in [0.2, 0.25) is 0 Å². The standard InChI is InChI=1S/C21H39N3O3S.HI/c1-3-22-19(23-17-21(28(2,25)26)12-15-27-16-13-21)24-14-8-11-20(18-24)9-6-4-5-7-10-20;/h3-18H2,1-2H3,(H,22,23);1H. The largest absolute Gasteiger partial charge is 0.381 e. The van der Waals surface area contributed by atoms with Gasteiger partial charge >= 0.3 is 0 Å². The molecular formula is C21H40IN3O3S. The van der Waals surface area contributed by atoms with Crippen molar-refractivity contribution in [2.24, 2.45) is 10.4 Å². The molecular weight excluding hydrogens is 501 g/mol. The number of piperidine rings is 1. The van der Waals surface area contributed by atoms with Crippen LogP contribution in [0.3, 0.4) is 0 Å². The molecule has 29 heavy (non-hydrogen) atoms. The van der Waals surface area contributed by atoms with E-state index in [0.717, 1.165) is 25.6 Å². The van der Waals surface area contributed by atoms with E-state index in [1.807, 2.05) is 0 Å². The molecule has 0 aromatic rings. The average Bonchev–Trinajstić information content (AvgIpc) is 2.90. The van der Waals surface area contributed by atoms with Gasteiger partial charge in [0.05, 0.1) is 11.3 Å². The molecule has 1 saturated carbocycles. The maximum absolute atomic E-state index is 12.6. The monoisotopic (exact) mass is 541 g/mol. The Hall–Kier alpha value is -0.0900. The molecule has 8 heteroatoms. The second-order valence-electron chi connectivity index (χ2n) is 9.18. The lowest BCUT2D eigenvalue weighted by atomic mass is 9.74. The smallest absolute Gasteiger partial charge is 0.193 e. The molecule has 0 aromatic heterocycles. The summed E-state index contributed by atoms with van der Waals surface area (Å²) in [4.78, 5) is 7.31. The van der Waals surface area contributed by atoms with Crippen LogP contribution in [0.4, 0.5) is 0 Å². The second kappa shape index (κ2) is 11.0. The third-order valence-corrected chi connectivity index (χ3v) is 9.28. The number of sulfone groups is 1. The minimum atomic E-state index is -3.19. The van der Waals surface area contributed by atoms with Crippen LogP contribution in [0.1, 0.15) is 71.1 Å². The fourth-order valence-corrected chi connectivity index (χ4v) is 6.52. The predicted octanol–water partition coefficient (Wildman–Crippen LogP) is 3.60. The van der Waals surface area contributed by atoms with E-state index < -0.39 is 14.6 Å². The SMILES string of the molecule is CCNC(=NCC1(S(C)(=O)=O)CCOCC1)N1CCCC2(CCCCCC2)C1.I. The molecule has 2 heterocycles. The molecule has 6 nitrogen and oxygen atoms in total. The Morgan fingerprint density at radius 1 is 1.03 bits per heavy atom. The van der Waals surface area contributed by atoms with E-state index >= 15 is 0 Å². The van der Waals surface area contributed by atoms with Crippen LogP contribution in [-0.4, -0.2) is 69.7 Å². The van der Waals surface area contributed by atoms with E-state index in [0.29, 0.717) is 38.0 Å². The minimum Gasteiger partial charge on any atom is -0.381 e. The molecule has 1 N–H and O–H groups in total. The quantitative estimate of drug-likeness (QED) is 0.335. The van der Waals surface area contributed by atoms with Crippen LogP contribution in [0.5, 0.6) is 0 Å². The van der Waals surface area contributed by atoms with Crippen molar-refractivity contribution in [2.45, 2.75) is 75.9 Å². The first-order valence-corrected chi connectivity index (χ1v) is 13.1. The van der Waals surface area contributed by atoms with Gasteiger partial charge < -0.3 is 15.0 Å². The summed E-state index contributed by atoms with van der Waals surface area (Å²) in [5.74, 6) is 0.903. The van der Waals surface area contributed by atoms with Crippen molar-refractivity contribution in [2.75, 3.05) is 45.6 Å². The van der Waals surface area contributed by atoms with E-state index in [-0.39, 0.29) is 24.0 Å². The zero-order valence-electron chi connectivity index (χ0n) is 18.2. The zero-order chi connectivity index (χ0) is 20.1. The highest BCUT2D eigenvalue weighted by atomic mass is 127. The summed E-state index contributed by atoms with van der Waals surface area (Å²) in [7, 11) is -3.19. The van der Waals surface area contributed by atoms with Crippen molar-refractivity contribution in [1.82, 2.24) is 10.2 Å². The van der Waals surface area contributed by atoms with Gasteiger partial charge in [-0.1, -0.05) is 25.7 Å². The van der Waals surface area contributed by atoms with Gasteiger partial charge in [0.2, 0.25) is 0 Å². The van der Waals surface area contributed by atoms with Gasteiger partial charge in [0.15, 0.2) is 15.8 Å². The summed E-state index contributed by atoms with van der Waals surface area (Å²) in [5.41, 5.74) is 0.429. The van der Waals surface area contributed by atoms with Crippen LogP contribution >= 0.6 is 24.0 Å². The van der Waals surface area contributed by atoms with Gasteiger partial charge in [-0.05, 0) is 50.9 Å². The van der Waals surface area contributed by atoms with Gasteiger partial charge in [0.1, 0.15) is 0 Å². The number of likely N-dealkylation sites (tertiary alicyclic amines) is 1. The molecule has 3 rings (SSSR count). The van der Waals surface area contributed by atoms with Gasteiger partial charge in [-0.3, -0.25) is 4.99 Å². The first kappa shape index (κ1) is 25.2. The Labute approximate surface area is 194 Å². The van der Waals surface area contributed by atoms with E-state index in [2.05, 4.69) is 17.1 Å². The number of rotatable bonds is 4. The third-order valence-electron chi connectivity index (χ3n) is 7.17. The molecule has 0 bridgehead atoms. The van der Waals surface area contributed by atoms with Crippen LogP contribution in [0.25, 0.3) is 0 Å². The van der Waals surface area contributed by atoms with Crippen LogP contribution in [0, 0.1) is 5.41 Å². The van der Waals surface area contributed by atoms with Crippen molar-refractivity contribution in [1.29, 1.82) is 0 Å². The Bertz CT molecular complexity index is 640. The number of aliphatic imine (C=N–C) groups is 1. The highest BCUT2D eigenvalue weighted by Gasteiger charge is 2.43. The number of guanidine groups is 1. The number of hydrogen-bond acceptors (Lipinski definition) is 4. The van der Waals surface area contributed by atoms with E-state index in [9.17, 15) is 8.42 Å². The summed E-state index contributed by atoms with van der Waals surface area (Å²) in [6.07, 6.45) is 13.1. The molecule has 2 aliphatic heterocycles. The summed E-state index contributed by atoms with van der Waals surface area (Å²) in [6.45, 7) is 6.31. The lowest BCUT2D eigenvalue weighted by Gasteiger charge is -2.44. The number of nitrogens with zero attached hydrogens (tertiary/aromatic N) is 2. The molecule has 1 spiro atoms. The van der Waals surface area contributed by atoms with Crippen LogP contribution in [-0.2, 0) is 14.6 Å². The van der Waals surface area contributed by atoms with Crippen molar-refractivity contribution in [3.8, 4) is 0 Å². The lowest BCUT2D eigenvalue weighted by Crippen LogP contribution is -2.52. The summed E-state index contributed by atoms with van der Waals surface area (Å²) < 4.78 is 29.8. The Balaban J connectivity index is 0.00000300. The topological polar surface area (TPSA) is 71.0 Å². The molecule has 3 fully saturated rings. The zero-order valence-corrected chi connectivity index (χ0v) is 21.4. The van der Waals surface area contributed by atoms with Crippen LogP contribution in [0.15, 0.2) is 4.99 Å². The normalized spacial score (nSPS) is 25.2. The van der Waals surface area contributed by atoms with Gasteiger partial charge in [-0.2, -0.15) is 0 Å². The highest BCUT2D eigenvalue weighted by molar-refractivity contribution is 14.0. The molecule has 170 valence electrons. The molecule has 1 aliphatic carbocycles.